The molecule has 0 radical (unpaired) electrons. The quantitative estimate of drug-likeness (QED) is 0.824. The summed E-state index contributed by atoms with van der Waals surface area (Å²) in [6, 6.07) is -0.146. The summed E-state index contributed by atoms with van der Waals surface area (Å²) in [5.41, 5.74) is 0. The molecule has 1 aliphatic rings. The lowest BCUT2D eigenvalue weighted by molar-refractivity contribution is -0.126. The van der Waals surface area contributed by atoms with Crippen LogP contribution in [0.5, 0.6) is 0 Å². The van der Waals surface area contributed by atoms with Crippen molar-refractivity contribution >= 4 is 5.91 Å². The predicted molar refractivity (Wildman–Crippen MR) is 69.6 cm³/mol. The summed E-state index contributed by atoms with van der Waals surface area (Å²) in [6.45, 7) is 7.58. The van der Waals surface area contributed by atoms with E-state index in [2.05, 4.69) is 15.6 Å². The number of nitrogens with one attached hydrogen (secondary N) is 2. The molecule has 1 fully saturated rings. The van der Waals surface area contributed by atoms with Crippen molar-refractivity contribution in [1.82, 2.24) is 15.6 Å². The fraction of sp³-hybridized carbons (Fsp3) is 0.692. The molecule has 3 atom stereocenters. The van der Waals surface area contributed by atoms with Crippen molar-refractivity contribution in [3.05, 3.63) is 17.8 Å². The van der Waals surface area contributed by atoms with Gasteiger partial charge in [-0.2, -0.15) is 0 Å². The third-order valence-corrected chi connectivity index (χ3v) is 3.25. The van der Waals surface area contributed by atoms with Crippen LogP contribution >= 0.6 is 0 Å². The van der Waals surface area contributed by atoms with Crippen LogP contribution in [0.1, 0.15) is 31.5 Å². The van der Waals surface area contributed by atoms with Gasteiger partial charge in [0.25, 0.3) is 0 Å². The topological polar surface area (TPSA) is 76.4 Å². The first-order valence-electron chi connectivity index (χ1n) is 6.65. The van der Waals surface area contributed by atoms with Crippen molar-refractivity contribution in [2.75, 3.05) is 19.8 Å². The summed E-state index contributed by atoms with van der Waals surface area (Å²) >= 11 is 0. The van der Waals surface area contributed by atoms with E-state index in [1.165, 1.54) is 0 Å². The zero-order valence-electron chi connectivity index (χ0n) is 11.6. The van der Waals surface area contributed by atoms with Crippen LogP contribution in [0.3, 0.4) is 0 Å². The number of hydrogen-bond acceptors (Lipinski definition) is 5. The number of carbonyl (C=O) groups is 1. The van der Waals surface area contributed by atoms with E-state index in [1.807, 2.05) is 20.8 Å². The maximum absolute atomic E-state index is 12.2. The van der Waals surface area contributed by atoms with E-state index in [9.17, 15) is 4.79 Å². The summed E-state index contributed by atoms with van der Waals surface area (Å²) in [6.07, 6.45) is 1.65. The van der Waals surface area contributed by atoms with Crippen LogP contribution in [0, 0.1) is 12.8 Å². The van der Waals surface area contributed by atoms with Crippen molar-refractivity contribution in [1.29, 1.82) is 0 Å². The Hall–Kier alpha value is -1.40. The molecule has 0 saturated carbocycles. The predicted octanol–water partition coefficient (Wildman–Crippen LogP) is 0.785. The molecule has 0 aromatic carbocycles. The maximum Gasteiger partial charge on any atom is 0.227 e. The second kappa shape index (κ2) is 6.16. The van der Waals surface area contributed by atoms with Crippen molar-refractivity contribution in [2.45, 2.75) is 32.9 Å². The molecule has 1 aromatic heterocycles. The maximum atomic E-state index is 12.2. The van der Waals surface area contributed by atoms with Crippen LogP contribution in [0.25, 0.3) is 0 Å². The van der Waals surface area contributed by atoms with Gasteiger partial charge in [0.15, 0.2) is 0 Å². The third kappa shape index (κ3) is 3.33. The van der Waals surface area contributed by atoms with Gasteiger partial charge in [-0.15, -0.1) is 0 Å². The molecule has 2 rings (SSSR count). The summed E-state index contributed by atoms with van der Waals surface area (Å²) in [7, 11) is 0. The van der Waals surface area contributed by atoms with E-state index in [4.69, 9.17) is 9.15 Å². The van der Waals surface area contributed by atoms with E-state index < -0.39 is 0 Å². The van der Waals surface area contributed by atoms with Gasteiger partial charge in [0.05, 0.1) is 25.3 Å². The minimum Gasteiger partial charge on any atom is -0.444 e. The number of aromatic nitrogens is 1. The van der Waals surface area contributed by atoms with Crippen LogP contribution in [-0.2, 0) is 9.53 Å². The Morgan fingerprint density at radius 3 is 3.00 bits per heavy atom. The average Bonchev–Trinajstić information content (AvgIpc) is 2.98. The first-order valence-corrected chi connectivity index (χ1v) is 6.65. The average molecular weight is 267 g/mol. The van der Waals surface area contributed by atoms with E-state index >= 15 is 0 Å². The molecule has 106 valence electrons. The zero-order chi connectivity index (χ0) is 13.8. The molecule has 2 N–H and O–H groups in total. The Bertz CT molecular complexity index is 433. The van der Waals surface area contributed by atoms with Gasteiger partial charge in [-0.3, -0.25) is 4.79 Å². The number of nitrogens with zero attached hydrogens (tertiary/aromatic N) is 1. The molecule has 3 unspecified atom stereocenters. The Balaban J connectivity index is 1.93. The molecule has 6 nitrogen and oxygen atoms in total. The first kappa shape index (κ1) is 14.0. The standard InChI is InChI=1S/C13H21N3O3/c1-4-14-11-7-18-6-10(11)12(17)16-9(3)13-15-5-8(2)19-13/h5,9-11,14H,4,6-7H2,1-3H3,(H,16,17). The first-order chi connectivity index (χ1) is 9.11. The molecule has 0 spiro atoms. The minimum absolute atomic E-state index is 0.0215. The molecule has 1 saturated heterocycles. The van der Waals surface area contributed by atoms with Gasteiger partial charge in [0.1, 0.15) is 11.8 Å². The van der Waals surface area contributed by atoms with E-state index in [1.54, 1.807) is 6.20 Å². The smallest absolute Gasteiger partial charge is 0.227 e. The largest absolute Gasteiger partial charge is 0.444 e. The van der Waals surface area contributed by atoms with Crippen LogP contribution in [0.2, 0.25) is 0 Å². The van der Waals surface area contributed by atoms with Crippen LogP contribution in [-0.4, -0.2) is 36.7 Å². The number of oxazole rings is 1. The third-order valence-electron chi connectivity index (χ3n) is 3.25. The summed E-state index contributed by atoms with van der Waals surface area (Å²) in [5.74, 6) is 1.10. The number of amides is 1. The molecule has 1 aliphatic heterocycles. The molecule has 0 aliphatic carbocycles. The van der Waals surface area contributed by atoms with Crippen molar-refractivity contribution in [2.24, 2.45) is 5.92 Å². The Labute approximate surface area is 112 Å². The number of ether oxygens (including phenoxy) is 1. The SMILES string of the molecule is CCNC1COCC1C(=O)NC(C)c1ncc(C)o1. The van der Waals surface area contributed by atoms with Crippen molar-refractivity contribution < 1.29 is 13.9 Å². The van der Waals surface area contributed by atoms with Crippen molar-refractivity contribution in [3.63, 3.8) is 0 Å². The number of aryl methyl sites for hydroxylation is 1. The van der Waals surface area contributed by atoms with Gasteiger partial charge in [-0.05, 0) is 20.4 Å². The van der Waals surface area contributed by atoms with Gasteiger partial charge in [0.2, 0.25) is 11.8 Å². The minimum atomic E-state index is -0.232. The van der Waals surface area contributed by atoms with Crippen LogP contribution < -0.4 is 10.6 Å². The van der Waals surface area contributed by atoms with Crippen LogP contribution in [0.4, 0.5) is 0 Å². The lowest BCUT2D eigenvalue weighted by atomic mass is 10.0. The summed E-state index contributed by atoms with van der Waals surface area (Å²) in [4.78, 5) is 16.3. The second-order valence-corrected chi connectivity index (χ2v) is 4.85. The molecular weight excluding hydrogens is 246 g/mol. The second-order valence-electron chi connectivity index (χ2n) is 4.85. The van der Waals surface area contributed by atoms with E-state index in [-0.39, 0.29) is 23.9 Å². The van der Waals surface area contributed by atoms with E-state index in [0.29, 0.717) is 19.1 Å². The normalized spacial score (nSPS) is 24.4. The molecule has 6 heteroatoms. The number of likely N-dealkylation sites (N-methyl/N-ethyl adjacent to an activating group) is 1. The molecule has 1 aromatic rings. The lowest BCUT2D eigenvalue weighted by Gasteiger charge is -2.19. The monoisotopic (exact) mass is 267 g/mol. The van der Waals surface area contributed by atoms with Crippen LogP contribution in [0.15, 0.2) is 10.6 Å². The number of hydrogen-bond donors (Lipinski definition) is 2. The highest BCUT2D eigenvalue weighted by atomic mass is 16.5. The highest BCUT2D eigenvalue weighted by Crippen LogP contribution is 2.17. The number of rotatable bonds is 5. The van der Waals surface area contributed by atoms with Gasteiger partial charge in [-0.1, -0.05) is 6.92 Å². The van der Waals surface area contributed by atoms with Gasteiger partial charge < -0.3 is 19.8 Å². The Kier molecular flexibility index (Phi) is 4.55. The highest BCUT2D eigenvalue weighted by molar-refractivity contribution is 5.80. The van der Waals surface area contributed by atoms with Gasteiger partial charge in [-0.25, -0.2) is 4.98 Å². The molecular formula is C13H21N3O3. The molecule has 2 heterocycles. The van der Waals surface area contributed by atoms with E-state index in [0.717, 1.165) is 12.3 Å². The fourth-order valence-electron chi connectivity index (χ4n) is 2.23. The fourth-order valence-corrected chi connectivity index (χ4v) is 2.23. The highest BCUT2D eigenvalue weighted by Gasteiger charge is 2.34. The molecule has 19 heavy (non-hydrogen) atoms. The van der Waals surface area contributed by atoms with Gasteiger partial charge >= 0.3 is 0 Å². The summed E-state index contributed by atoms with van der Waals surface area (Å²) in [5, 5.41) is 6.19. The molecule has 1 amide bonds. The Morgan fingerprint density at radius 2 is 2.37 bits per heavy atom. The Morgan fingerprint density at radius 1 is 1.58 bits per heavy atom. The number of carbonyl (C=O) groups excluding carboxylic acids is 1. The lowest BCUT2D eigenvalue weighted by Crippen LogP contribution is -2.44. The van der Waals surface area contributed by atoms with Crippen molar-refractivity contribution in [3.8, 4) is 0 Å². The zero-order valence-corrected chi connectivity index (χ0v) is 11.6. The van der Waals surface area contributed by atoms with Gasteiger partial charge in [0, 0.05) is 6.04 Å². The molecule has 0 bridgehead atoms. The summed E-state index contributed by atoms with van der Waals surface area (Å²) < 4.78 is 10.8.